The van der Waals surface area contributed by atoms with Crippen molar-refractivity contribution in [2.75, 3.05) is 18.4 Å². The van der Waals surface area contributed by atoms with Crippen molar-refractivity contribution in [3.05, 3.63) is 53.5 Å². The van der Waals surface area contributed by atoms with E-state index in [0.717, 1.165) is 6.07 Å². The summed E-state index contributed by atoms with van der Waals surface area (Å²) in [5.41, 5.74) is -0.265. The maximum absolute atomic E-state index is 13.3. The summed E-state index contributed by atoms with van der Waals surface area (Å²) in [6.45, 7) is 2.71. The molecule has 2 N–H and O–H groups in total. The van der Waals surface area contributed by atoms with Crippen LogP contribution in [0.2, 0.25) is 0 Å². The molecule has 0 fully saturated rings. The first kappa shape index (κ1) is 20.3. The number of nitrogens with one attached hydrogen (secondary N) is 2. The van der Waals surface area contributed by atoms with E-state index in [1.54, 1.807) is 19.2 Å². The van der Waals surface area contributed by atoms with Crippen molar-refractivity contribution in [3.8, 4) is 17.5 Å². The van der Waals surface area contributed by atoms with Crippen molar-refractivity contribution in [2.24, 2.45) is 10.9 Å². The van der Waals surface area contributed by atoms with Gasteiger partial charge in [0.25, 0.3) is 0 Å². The van der Waals surface area contributed by atoms with Gasteiger partial charge in [0.05, 0.1) is 17.6 Å². The molecule has 1 aliphatic heterocycles. The summed E-state index contributed by atoms with van der Waals surface area (Å²) >= 11 is 0. The Kier molecular flexibility index (Phi) is 6.12. The molecule has 0 saturated heterocycles. The molecule has 2 aromatic rings. The Hall–Kier alpha value is -3.41. The first-order chi connectivity index (χ1) is 13.9. The lowest BCUT2D eigenvalue weighted by molar-refractivity contribution is -0.137. The number of benzene rings is 1. The Morgan fingerprint density at radius 2 is 1.93 bits per heavy atom. The number of rotatable bonds is 6. The molecule has 3 rings (SSSR count). The van der Waals surface area contributed by atoms with E-state index in [4.69, 9.17) is 5.26 Å². The predicted octanol–water partition coefficient (Wildman–Crippen LogP) is 3.93. The number of nitriles is 1. The van der Waals surface area contributed by atoms with E-state index in [1.165, 1.54) is 18.2 Å². The zero-order chi connectivity index (χ0) is 20.9. The van der Waals surface area contributed by atoms with Crippen LogP contribution in [0.1, 0.15) is 17.7 Å². The van der Waals surface area contributed by atoms with E-state index in [2.05, 4.69) is 31.7 Å². The molecule has 1 aromatic carbocycles. The van der Waals surface area contributed by atoms with Gasteiger partial charge in [0.15, 0.2) is 5.82 Å². The highest BCUT2D eigenvalue weighted by Crippen LogP contribution is 2.36. The molecule has 0 amide bonds. The number of nitrogens with zero attached hydrogens (tertiary/aromatic N) is 4. The lowest BCUT2D eigenvalue weighted by Crippen LogP contribution is -2.23. The zero-order valence-corrected chi connectivity index (χ0v) is 15.7. The smallest absolute Gasteiger partial charge is 0.369 e. The molecule has 1 atom stereocenters. The van der Waals surface area contributed by atoms with Gasteiger partial charge in [-0.05, 0) is 25.5 Å². The number of hydrogen-bond acceptors (Lipinski definition) is 6. The number of alkyl halides is 3. The molecule has 6 nitrogen and oxygen atoms in total. The first-order valence-corrected chi connectivity index (χ1v) is 9.01. The molecular formula is C20H19F3N6. The van der Waals surface area contributed by atoms with Gasteiger partial charge in [-0.3, -0.25) is 0 Å². The number of allylic oxidation sites excluding steroid dienone is 1. The van der Waals surface area contributed by atoms with Crippen molar-refractivity contribution in [1.29, 1.82) is 5.26 Å². The Morgan fingerprint density at radius 3 is 2.62 bits per heavy atom. The quantitative estimate of drug-likeness (QED) is 0.718. The molecule has 9 heteroatoms. The third kappa shape index (κ3) is 5.31. The lowest BCUT2D eigenvalue weighted by atomic mass is 10.1. The standard InChI is InChI=1S/C20H19F3N6/c1-13-10-18(26-9-8-25-17-7-6-14(11-24)12-27-17)29-19(28-13)15-4-2-3-5-16(15)20(21,22)23/h2-5,7,10,12,14,25H,6,8-9H2,1H3,(H,26,28,29). The number of aromatic nitrogens is 2. The van der Waals surface area contributed by atoms with Crippen LogP contribution in [0.3, 0.4) is 0 Å². The van der Waals surface area contributed by atoms with Crippen molar-refractivity contribution in [2.45, 2.75) is 19.5 Å². The summed E-state index contributed by atoms with van der Waals surface area (Å²) in [5.74, 6) is 0.963. The monoisotopic (exact) mass is 400 g/mol. The third-order valence-corrected chi connectivity index (χ3v) is 4.19. The van der Waals surface area contributed by atoms with Gasteiger partial charge >= 0.3 is 6.18 Å². The summed E-state index contributed by atoms with van der Waals surface area (Å²) in [6.07, 6.45) is -0.411. The fourth-order valence-electron chi connectivity index (χ4n) is 2.81. The summed E-state index contributed by atoms with van der Waals surface area (Å²) in [4.78, 5) is 12.6. The molecule has 1 aliphatic rings. The number of anilines is 1. The van der Waals surface area contributed by atoms with Gasteiger partial charge in [-0.15, -0.1) is 0 Å². The van der Waals surface area contributed by atoms with Crippen LogP contribution in [0.4, 0.5) is 19.0 Å². The van der Waals surface area contributed by atoms with Crippen LogP contribution in [-0.4, -0.2) is 29.3 Å². The molecule has 0 radical (unpaired) electrons. The van der Waals surface area contributed by atoms with Crippen molar-refractivity contribution in [3.63, 3.8) is 0 Å². The molecule has 1 unspecified atom stereocenters. The second-order valence-corrected chi connectivity index (χ2v) is 6.45. The largest absolute Gasteiger partial charge is 0.417 e. The molecular weight excluding hydrogens is 381 g/mol. The molecule has 0 aliphatic carbocycles. The highest BCUT2D eigenvalue weighted by Gasteiger charge is 2.34. The van der Waals surface area contributed by atoms with Gasteiger partial charge < -0.3 is 10.6 Å². The van der Waals surface area contributed by atoms with Gasteiger partial charge in [-0.2, -0.15) is 18.4 Å². The molecule has 1 aromatic heterocycles. The van der Waals surface area contributed by atoms with Crippen molar-refractivity contribution >= 4 is 12.0 Å². The topological polar surface area (TPSA) is 86.0 Å². The van der Waals surface area contributed by atoms with E-state index >= 15 is 0 Å². The van der Waals surface area contributed by atoms with Crippen LogP contribution in [0, 0.1) is 24.2 Å². The summed E-state index contributed by atoms with van der Waals surface area (Å²) in [7, 11) is 0. The summed E-state index contributed by atoms with van der Waals surface area (Å²) < 4.78 is 39.9. The maximum Gasteiger partial charge on any atom is 0.417 e. The average molecular weight is 400 g/mol. The van der Waals surface area contributed by atoms with E-state index < -0.39 is 11.7 Å². The van der Waals surface area contributed by atoms with Crippen molar-refractivity contribution in [1.82, 2.24) is 15.3 Å². The number of aliphatic imine (C=N–C) groups is 1. The fourth-order valence-corrected chi connectivity index (χ4v) is 2.81. The Bertz CT molecular complexity index is 975. The Balaban J connectivity index is 1.66. The Labute approximate surface area is 166 Å². The normalized spacial score (nSPS) is 16.1. The van der Waals surface area contributed by atoms with Crippen LogP contribution in [0.15, 0.2) is 47.2 Å². The minimum absolute atomic E-state index is 0.0236. The van der Waals surface area contributed by atoms with E-state index in [9.17, 15) is 13.2 Å². The van der Waals surface area contributed by atoms with Crippen LogP contribution in [0.25, 0.3) is 11.4 Å². The first-order valence-electron chi connectivity index (χ1n) is 9.01. The van der Waals surface area contributed by atoms with Crippen LogP contribution in [-0.2, 0) is 6.18 Å². The maximum atomic E-state index is 13.3. The highest BCUT2D eigenvalue weighted by molar-refractivity contribution is 5.67. The molecule has 0 spiro atoms. The van der Waals surface area contributed by atoms with Crippen LogP contribution in [0.5, 0.6) is 0 Å². The fraction of sp³-hybridized carbons (Fsp3) is 0.300. The average Bonchev–Trinajstić information content (AvgIpc) is 2.70. The van der Waals surface area contributed by atoms with E-state index in [1.807, 2.05) is 6.08 Å². The molecule has 0 bridgehead atoms. The third-order valence-electron chi connectivity index (χ3n) is 4.19. The summed E-state index contributed by atoms with van der Waals surface area (Å²) in [5, 5.41) is 15.0. The molecule has 2 heterocycles. The molecule has 29 heavy (non-hydrogen) atoms. The van der Waals surface area contributed by atoms with Crippen molar-refractivity contribution < 1.29 is 13.2 Å². The number of aryl methyl sites for hydroxylation is 1. The Morgan fingerprint density at radius 1 is 1.17 bits per heavy atom. The van der Waals surface area contributed by atoms with Gasteiger partial charge in [0.2, 0.25) is 0 Å². The zero-order valence-electron chi connectivity index (χ0n) is 15.7. The van der Waals surface area contributed by atoms with Gasteiger partial charge in [0.1, 0.15) is 11.6 Å². The van der Waals surface area contributed by atoms with Gasteiger partial charge in [-0.1, -0.05) is 18.2 Å². The minimum Gasteiger partial charge on any atom is -0.369 e. The number of halogens is 3. The van der Waals surface area contributed by atoms with E-state index in [0.29, 0.717) is 36.8 Å². The lowest BCUT2D eigenvalue weighted by Gasteiger charge is -2.14. The summed E-state index contributed by atoms with van der Waals surface area (Å²) in [6, 6.07) is 9.07. The van der Waals surface area contributed by atoms with Gasteiger partial charge in [-0.25, -0.2) is 15.0 Å². The molecule has 0 saturated carbocycles. The molecule has 150 valence electrons. The number of hydrogen-bond donors (Lipinski definition) is 2. The second-order valence-electron chi connectivity index (χ2n) is 6.45. The predicted molar refractivity (Wildman–Crippen MR) is 104 cm³/mol. The van der Waals surface area contributed by atoms with E-state index in [-0.39, 0.29) is 17.3 Å². The SMILES string of the molecule is Cc1cc(NCCNC2=CCC(C#N)C=N2)nc(-c2ccccc2C(F)(F)F)n1. The highest BCUT2D eigenvalue weighted by atomic mass is 19.4. The van der Waals surface area contributed by atoms with Crippen LogP contribution < -0.4 is 10.6 Å². The van der Waals surface area contributed by atoms with Gasteiger partial charge in [0, 0.05) is 36.6 Å². The second kappa shape index (κ2) is 8.73. The minimum atomic E-state index is -4.49. The van der Waals surface area contributed by atoms with Crippen LogP contribution >= 0.6 is 0 Å².